The third-order valence-corrected chi connectivity index (χ3v) is 4.20. The molecule has 2 N–H and O–H groups in total. The van der Waals surface area contributed by atoms with Crippen LogP contribution in [0.4, 0.5) is 4.79 Å². The molecule has 6 heteroatoms. The predicted molar refractivity (Wildman–Crippen MR) is 95.1 cm³/mol. The van der Waals surface area contributed by atoms with Crippen molar-refractivity contribution in [3.05, 3.63) is 41.1 Å². The summed E-state index contributed by atoms with van der Waals surface area (Å²) < 4.78 is 10.6. The second kappa shape index (κ2) is 9.11. The number of methoxy groups -OCH3 is 1. The first-order valence-electron chi connectivity index (χ1n) is 8.63. The van der Waals surface area contributed by atoms with Crippen LogP contribution in [0.25, 0.3) is 0 Å². The Hall–Kier alpha value is -2.50. The number of hydrogen-bond donors (Lipinski definition) is 2. The van der Waals surface area contributed by atoms with E-state index in [9.17, 15) is 9.59 Å². The van der Waals surface area contributed by atoms with Crippen molar-refractivity contribution in [3.8, 4) is 5.75 Å². The third kappa shape index (κ3) is 5.24. The van der Waals surface area contributed by atoms with Gasteiger partial charge in [-0.1, -0.05) is 38.3 Å². The van der Waals surface area contributed by atoms with E-state index in [0.29, 0.717) is 11.3 Å². The largest absolute Gasteiger partial charge is 0.497 e. The van der Waals surface area contributed by atoms with Gasteiger partial charge in [-0.2, -0.15) is 0 Å². The van der Waals surface area contributed by atoms with Crippen molar-refractivity contribution in [2.45, 2.75) is 52.2 Å². The van der Waals surface area contributed by atoms with Crippen molar-refractivity contribution in [1.29, 1.82) is 0 Å². The monoisotopic (exact) mass is 346 g/mol. The molecule has 136 valence electrons. The summed E-state index contributed by atoms with van der Waals surface area (Å²) in [6.45, 7) is 4.02. The van der Waals surface area contributed by atoms with Crippen LogP contribution in [0.2, 0.25) is 0 Å². The fourth-order valence-electron chi connectivity index (χ4n) is 2.82. The topological polar surface area (TPSA) is 76.7 Å². The summed E-state index contributed by atoms with van der Waals surface area (Å²) in [5.41, 5.74) is 1.94. The van der Waals surface area contributed by atoms with Gasteiger partial charge in [0, 0.05) is 5.70 Å². The summed E-state index contributed by atoms with van der Waals surface area (Å²) in [4.78, 5) is 24.3. The van der Waals surface area contributed by atoms with Gasteiger partial charge >= 0.3 is 12.0 Å². The molecule has 0 saturated heterocycles. The lowest BCUT2D eigenvalue weighted by Crippen LogP contribution is -2.49. The first kappa shape index (κ1) is 18.8. The number of urea groups is 1. The van der Waals surface area contributed by atoms with E-state index < -0.39 is 5.97 Å². The summed E-state index contributed by atoms with van der Waals surface area (Å²) in [6.07, 6.45) is 3.82. The second-order valence-corrected chi connectivity index (χ2v) is 6.11. The van der Waals surface area contributed by atoms with Crippen molar-refractivity contribution in [1.82, 2.24) is 10.6 Å². The van der Waals surface area contributed by atoms with Crippen LogP contribution in [0, 0.1) is 0 Å². The van der Waals surface area contributed by atoms with Crippen molar-refractivity contribution in [2.24, 2.45) is 0 Å². The van der Waals surface area contributed by atoms with Crippen molar-refractivity contribution in [2.75, 3.05) is 7.11 Å². The van der Waals surface area contributed by atoms with Crippen LogP contribution in [0.1, 0.15) is 45.1 Å². The molecule has 0 saturated carbocycles. The molecule has 6 nitrogen and oxygen atoms in total. The summed E-state index contributed by atoms with van der Waals surface area (Å²) in [5.74, 6) is 0.353. The van der Waals surface area contributed by atoms with E-state index in [1.54, 1.807) is 14.0 Å². The molecule has 1 heterocycles. The molecule has 0 fully saturated rings. The zero-order chi connectivity index (χ0) is 18.2. The van der Waals surface area contributed by atoms with Crippen LogP contribution < -0.4 is 15.4 Å². The Morgan fingerprint density at radius 1 is 1.20 bits per heavy atom. The van der Waals surface area contributed by atoms with Gasteiger partial charge in [0.1, 0.15) is 12.4 Å². The molecular formula is C19H26N2O4. The van der Waals surface area contributed by atoms with Gasteiger partial charge in [0.15, 0.2) is 0 Å². The summed E-state index contributed by atoms with van der Waals surface area (Å²) in [5, 5.41) is 5.48. The molecule has 0 aromatic heterocycles. The SMILES string of the molecule is CCCCCC1NC(=O)NC(C)=C1C(=O)OCc1ccc(OC)cc1. The smallest absolute Gasteiger partial charge is 0.338 e. The van der Waals surface area contributed by atoms with Gasteiger partial charge in [-0.3, -0.25) is 0 Å². The standard InChI is InChI=1S/C19H26N2O4/c1-4-5-6-7-16-17(13(2)20-19(23)21-16)18(22)25-12-14-8-10-15(24-3)11-9-14/h8-11,16H,4-7,12H2,1-3H3,(H2,20,21,23). The molecule has 1 aromatic rings. The number of unbranched alkanes of at least 4 members (excludes halogenated alkanes) is 2. The zero-order valence-corrected chi connectivity index (χ0v) is 15.1. The molecule has 1 aliphatic heterocycles. The van der Waals surface area contributed by atoms with Gasteiger partial charge in [0.05, 0.1) is 18.7 Å². The molecule has 0 bridgehead atoms. The fourth-order valence-corrected chi connectivity index (χ4v) is 2.82. The highest BCUT2D eigenvalue weighted by Gasteiger charge is 2.30. The number of hydrogen-bond acceptors (Lipinski definition) is 4. The van der Waals surface area contributed by atoms with Crippen LogP contribution >= 0.6 is 0 Å². The van der Waals surface area contributed by atoms with Gasteiger partial charge < -0.3 is 20.1 Å². The Labute approximate surface area is 148 Å². The highest BCUT2D eigenvalue weighted by molar-refractivity contribution is 5.94. The van der Waals surface area contributed by atoms with Gasteiger partial charge in [0.25, 0.3) is 0 Å². The minimum Gasteiger partial charge on any atom is -0.497 e. The van der Waals surface area contributed by atoms with E-state index in [1.165, 1.54) is 0 Å². The lowest BCUT2D eigenvalue weighted by molar-refractivity contribution is -0.140. The highest BCUT2D eigenvalue weighted by Crippen LogP contribution is 2.20. The predicted octanol–water partition coefficient (Wildman–Crippen LogP) is 3.27. The number of nitrogens with one attached hydrogen (secondary N) is 2. The van der Waals surface area contributed by atoms with Crippen LogP contribution in [0.15, 0.2) is 35.5 Å². The Morgan fingerprint density at radius 3 is 2.56 bits per heavy atom. The van der Waals surface area contributed by atoms with E-state index in [2.05, 4.69) is 17.6 Å². The molecule has 1 atom stereocenters. The van der Waals surface area contributed by atoms with E-state index in [0.717, 1.165) is 37.0 Å². The number of benzene rings is 1. The first-order valence-corrected chi connectivity index (χ1v) is 8.63. The average molecular weight is 346 g/mol. The maximum absolute atomic E-state index is 12.6. The maximum atomic E-state index is 12.6. The van der Waals surface area contributed by atoms with Gasteiger partial charge in [-0.25, -0.2) is 9.59 Å². The van der Waals surface area contributed by atoms with Crippen LogP contribution in [-0.2, 0) is 16.1 Å². The molecule has 1 aliphatic rings. The lowest BCUT2D eigenvalue weighted by Gasteiger charge is -2.27. The Balaban J connectivity index is 2.02. The maximum Gasteiger partial charge on any atom is 0.338 e. The van der Waals surface area contributed by atoms with Gasteiger partial charge in [0.2, 0.25) is 0 Å². The van der Waals surface area contributed by atoms with Crippen LogP contribution in [0.5, 0.6) is 5.75 Å². The highest BCUT2D eigenvalue weighted by atomic mass is 16.5. The van der Waals surface area contributed by atoms with E-state index in [1.807, 2.05) is 24.3 Å². The molecule has 1 aromatic carbocycles. The number of allylic oxidation sites excluding steroid dienone is 1. The number of amides is 2. The summed E-state index contributed by atoms with van der Waals surface area (Å²) in [6, 6.07) is 6.78. The van der Waals surface area contributed by atoms with E-state index in [4.69, 9.17) is 9.47 Å². The molecule has 0 aliphatic carbocycles. The number of ether oxygens (including phenoxy) is 2. The molecule has 0 radical (unpaired) electrons. The number of carbonyl (C=O) groups excluding carboxylic acids is 2. The fraction of sp³-hybridized carbons (Fsp3) is 0.474. The van der Waals surface area contributed by atoms with Crippen molar-refractivity contribution < 1.29 is 19.1 Å². The minimum atomic E-state index is -0.401. The Morgan fingerprint density at radius 2 is 1.92 bits per heavy atom. The van der Waals surface area contributed by atoms with Crippen molar-refractivity contribution in [3.63, 3.8) is 0 Å². The van der Waals surface area contributed by atoms with Crippen LogP contribution in [-0.4, -0.2) is 25.2 Å². The molecule has 1 unspecified atom stereocenters. The van der Waals surface area contributed by atoms with E-state index in [-0.39, 0.29) is 18.7 Å². The minimum absolute atomic E-state index is 0.176. The van der Waals surface area contributed by atoms with Gasteiger partial charge in [-0.15, -0.1) is 0 Å². The average Bonchev–Trinajstić information content (AvgIpc) is 2.60. The van der Waals surface area contributed by atoms with Gasteiger partial charge in [-0.05, 0) is 31.0 Å². The number of rotatable bonds is 8. The molecule has 0 spiro atoms. The number of carbonyl (C=O) groups is 2. The second-order valence-electron chi connectivity index (χ2n) is 6.11. The summed E-state index contributed by atoms with van der Waals surface area (Å²) >= 11 is 0. The third-order valence-electron chi connectivity index (χ3n) is 4.20. The summed E-state index contributed by atoms with van der Waals surface area (Å²) in [7, 11) is 1.60. The molecule has 25 heavy (non-hydrogen) atoms. The molecule has 2 amide bonds. The van der Waals surface area contributed by atoms with E-state index >= 15 is 0 Å². The normalized spacial score (nSPS) is 16.9. The quantitative estimate of drug-likeness (QED) is 0.559. The van der Waals surface area contributed by atoms with Crippen LogP contribution in [0.3, 0.4) is 0 Å². The lowest BCUT2D eigenvalue weighted by atomic mass is 9.97. The molecule has 2 rings (SSSR count). The zero-order valence-electron chi connectivity index (χ0n) is 15.1. The number of esters is 1. The Bertz CT molecular complexity index is 637. The molecular weight excluding hydrogens is 320 g/mol. The first-order chi connectivity index (χ1) is 12.0. The van der Waals surface area contributed by atoms with Crippen molar-refractivity contribution >= 4 is 12.0 Å². The Kier molecular flexibility index (Phi) is 6.86.